The maximum Gasteiger partial charge on any atom is 0.253 e. The Labute approximate surface area is 112 Å². The average Bonchev–Trinajstić information content (AvgIpc) is 2.35. The van der Waals surface area contributed by atoms with E-state index < -0.39 is 0 Å². The van der Waals surface area contributed by atoms with Crippen molar-refractivity contribution in [3.63, 3.8) is 0 Å². The lowest BCUT2D eigenvalue weighted by Gasteiger charge is -2.20. The summed E-state index contributed by atoms with van der Waals surface area (Å²) < 4.78 is 5.15. The summed E-state index contributed by atoms with van der Waals surface area (Å²) in [6, 6.07) is 7.44. The topological polar surface area (TPSA) is 51.2 Å². The molecule has 2 rings (SSSR count). The summed E-state index contributed by atoms with van der Waals surface area (Å²) in [5.74, 6) is 0.643. The molecule has 1 N–H and O–H groups in total. The standard InChI is InChI=1S/C15H18N2O2/c1-15(2,3)17-14(18)11-7-10-5-6-12(19-4)8-13(10)16-9-11/h5-9H,1-4H3,(H,17,18). The molecular weight excluding hydrogens is 240 g/mol. The molecule has 0 aliphatic heterocycles. The van der Waals surface area contributed by atoms with Crippen LogP contribution in [-0.2, 0) is 0 Å². The molecule has 0 saturated heterocycles. The molecule has 0 atom stereocenters. The molecule has 0 aliphatic rings. The van der Waals surface area contributed by atoms with Crippen molar-refractivity contribution in [2.45, 2.75) is 26.3 Å². The monoisotopic (exact) mass is 258 g/mol. The molecule has 0 spiro atoms. The lowest BCUT2D eigenvalue weighted by atomic mass is 10.1. The van der Waals surface area contributed by atoms with Gasteiger partial charge in [-0.1, -0.05) is 0 Å². The van der Waals surface area contributed by atoms with Crippen LogP contribution in [0.15, 0.2) is 30.5 Å². The van der Waals surface area contributed by atoms with Gasteiger partial charge < -0.3 is 10.1 Å². The van der Waals surface area contributed by atoms with Crippen LogP contribution < -0.4 is 10.1 Å². The van der Waals surface area contributed by atoms with Crippen LogP contribution in [0.5, 0.6) is 5.75 Å². The third-order valence-electron chi connectivity index (χ3n) is 2.64. The Morgan fingerprint density at radius 3 is 2.63 bits per heavy atom. The molecule has 4 nitrogen and oxygen atoms in total. The SMILES string of the molecule is COc1ccc2cc(C(=O)NC(C)(C)C)cnc2c1. The maximum atomic E-state index is 12.1. The number of carbonyl (C=O) groups is 1. The first-order chi connectivity index (χ1) is 8.89. The average molecular weight is 258 g/mol. The molecule has 1 aromatic carbocycles. The minimum absolute atomic E-state index is 0.113. The number of aromatic nitrogens is 1. The summed E-state index contributed by atoms with van der Waals surface area (Å²) in [5, 5.41) is 3.84. The molecule has 0 unspecified atom stereocenters. The Bertz CT molecular complexity index is 615. The van der Waals surface area contributed by atoms with Gasteiger partial charge >= 0.3 is 0 Å². The van der Waals surface area contributed by atoms with Gasteiger partial charge in [-0.25, -0.2) is 0 Å². The predicted molar refractivity (Wildman–Crippen MR) is 75.5 cm³/mol. The zero-order chi connectivity index (χ0) is 14.0. The first kappa shape index (κ1) is 13.3. The van der Waals surface area contributed by atoms with E-state index >= 15 is 0 Å². The van der Waals surface area contributed by atoms with E-state index in [2.05, 4.69) is 10.3 Å². The number of amides is 1. The molecule has 2 aromatic rings. The second-order valence-electron chi connectivity index (χ2n) is 5.49. The van der Waals surface area contributed by atoms with Crippen molar-refractivity contribution >= 4 is 16.8 Å². The van der Waals surface area contributed by atoms with E-state index in [0.29, 0.717) is 5.56 Å². The highest BCUT2D eigenvalue weighted by Crippen LogP contribution is 2.20. The van der Waals surface area contributed by atoms with E-state index in [4.69, 9.17) is 4.74 Å². The molecule has 4 heteroatoms. The molecular formula is C15H18N2O2. The third-order valence-corrected chi connectivity index (χ3v) is 2.64. The summed E-state index contributed by atoms with van der Waals surface area (Å²) in [6.45, 7) is 5.85. The zero-order valence-electron chi connectivity index (χ0n) is 11.7. The summed E-state index contributed by atoms with van der Waals surface area (Å²) >= 11 is 0. The van der Waals surface area contributed by atoms with Crippen molar-refractivity contribution in [3.8, 4) is 5.75 Å². The number of methoxy groups -OCH3 is 1. The number of pyridine rings is 1. The summed E-state index contributed by atoms with van der Waals surface area (Å²) in [4.78, 5) is 16.4. The highest BCUT2D eigenvalue weighted by molar-refractivity contribution is 5.97. The number of carbonyl (C=O) groups excluding carboxylic acids is 1. The van der Waals surface area contributed by atoms with Gasteiger partial charge in [0, 0.05) is 23.2 Å². The molecule has 100 valence electrons. The molecule has 1 heterocycles. The van der Waals surface area contributed by atoms with E-state index in [1.807, 2.05) is 45.0 Å². The molecule has 0 bridgehead atoms. The first-order valence-corrected chi connectivity index (χ1v) is 6.15. The van der Waals surface area contributed by atoms with Crippen molar-refractivity contribution < 1.29 is 9.53 Å². The fourth-order valence-electron chi connectivity index (χ4n) is 1.77. The number of hydrogen-bond acceptors (Lipinski definition) is 3. The number of fused-ring (bicyclic) bond motifs is 1. The van der Waals surface area contributed by atoms with Crippen molar-refractivity contribution in [1.82, 2.24) is 10.3 Å². The Balaban J connectivity index is 2.34. The summed E-state index contributed by atoms with van der Waals surface area (Å²) in [6.07, 6.45) is 1.59. The van der Waals surface area contributed by atoms with E-state index in [9.17, 15) is 4.79 Å². The smallest absolute Gasteiger partial charge is 0.253 e. The molecule has 0 fully saturated rings. The van der Waals surface area contributed by atoms with Gasteiger partial charge in [0.2, 0.25) is 0 Å². The van der Waals surface area contributed by atoms with Gasteiger partial charge in [0.15, 0.2) is 0 Å². The zero-order valence-corrected chi connectivity index (χ0v) is 11.7. The Morgan fingerprint density at radius 1 is 1.26 bits per heavy atom. The van der Waals surface area contributed by atoms with Gasteiger partial charge in [0.25, 0.3) is 5.91 Å². The number of nitrogens with zero attached hydrogens (tertiary/aromatic N) is 1. The molecule has 19 heavy (non-hydrogen) atoms. The number of benzene rings is 1. The van der Waals surface area contributed by atoms with Crippen LogP contribution in [0.25, 0.3) is 10.9 Å². The Kier molecular flexibility index (Phi) is 3.42. The predicted octanol–water partition coefficient (Wildman–Crippen LogP) is 2.77. The fourth-order valence-corrected chi connectivity index (χ4v) is 1.77. The van der Waals surface area contributed by atoms with Crippen LogP contribution in [0.2, 0.25) is 0 Å². The molecule has 0 radical (unpaired) electrons. The van der Waals surface area contributed by atoms with E-state index in [-0.39, 0.29) is 11.4 Å². The number of hydrogen-bond donors (Lipinski definition) is 1. The number of ether oxygens (including phenoxy) is 1. The lowest BCUT2D eigenvalue weighted by Crippen LogP contribution is -2.40. The van der Waals surface area contributed by atoms with E-state index in [1.54, 1.807) is 13.3 Å². The van der Waals surface area contributed by atoms with Crippen LogP contribution >= 0.6 is 0 Å². The van der Waals surface area contributed by atoms with Gasteiger partial charge in [-0.05, 0) is 39.0 Å². The largest absolute Gasteiger partial charge is 0.497 e. The first-order valence-electron chi connectivity index (χ1n) is 6.15. The molecule has 1 amide bonds. The van der Waals surface area contributed by atoms with Crippen molar-refractivity contribution in [1.29, 1.82) is 0 Å². The van der Waals surface area contributed by atoms with Crippen LogP contribution in [0.1, 0.15) is 31.1 Å². The van der Waals surface area contributed by atoms with Crippen molar-refractivity contribution in [2.24, 2.45) is 0 Å². The Hall–Kier alpha value is -2.10. The second-order valence-corrected chi connectivity index (χ2v) is 5.49. The van der Waals surface area contributed by atoms with Gasteiger partial charge in [0.05, 0.1) is 18.2 Å². The molecule has 0 saturated carbocycles. The van der Waals surface area contributed by atoms with Crippen LogP contribution in [0, 0.1) is 0 Å². The van der Waals surface area contributed by atoms with Crippen LogP contribution in [0.4, 0.5) is 0 Å². The van der Waals surface area contributed by atoms with Gasteiger partial charge in [0.1, 0.15) is 5.75 Å². The summed E-state index contributed by atoms with van der Waals surface area (Å²) in [7, 11) is 1.62. The van der Waals surface area contributed by atoms with E-state index in [1.165, 1.54) is 0 Å². The third kappa shape index (κ3) is 3.22. The normalized spacial score (nSPS) is 11.4. The second kappa shape index (κ2) is 4.88. The van der Waals surface area contributed by atoms with Crippen molar-refractivity contribution in [3.05, 3.63) is 36.0 Å². The minimum Gasteiger partial charge on any atom is -0.497 e. The highest BCUT2D eigenvalue weighted by atomic mass is 16.5. The molecule has 1 aromatic heterocycles. The van der Waals surface area contributed by atoms with E-state index in [0.717, 1.165) is 16.7 Å². The Morgan fingerprint density at radius 2 is 2.00 bits per heavy atom. The van der Waals surface area contributed by atoms with Gasteiger partial charge in [-0.3, -0.25) is 9.78 Å². The van der Waals surface area contributed by atoms with Gasteiger partial charge in [-0.2, -0.15) is 0 Å². The number of rotatable bonds is 2. The minimum atomic E-state index is -0.258. The summed E-state index contributed by atoms with van der Waals surface area (Å²) in [5.41, 5.74) is 1.12. The maximum absolute atomic E-state index is 12.1. The van der Waals surface area contributed by atoms with Gasteiger partial charge in [-0.15, -0.1) is 0 Å². The van der Waals surface area contributed by atoms with Crippen LogP contribution in [-0.4, -0.2) is 23.5 Å². The van der Waals surface area contributed by atoms with Crippen LogP contribution in [0.3, 0.4) is 0 Å². The number of nitrogens with one attached hydrogen (secondary N) is 1. The lowest BCUT2D eigenvalue weighted by molar-refractivity contribution is 0.0919. The molecule has 0 aliphatic carbocycles. The van der Waals surface area contributed by atoms with Crippen molar-refractivity contribution in [2.75, 3.05) is 7.11 Å². The fraction of sp³-hybridized carbons (Fsp3) is 0.333. The quantitative estimate of drug-likeness (QED) is 0.901. The highest BCUT2D eigenvalue weighted by Gasteiger charge is 2.15.